The minimum Gasteiger partial charge on any atom is -0.381 e. The summed E-state index contributed by atoms with van der Waals surface area (Å²) in [6.45, 7) is 6.14. The molecule has 0 spiro atoms. The molecule has 4 heteroatoms. The van der Waals surface area contributed by atoms with Gasteiger partial charge in [-0.25, -0.2) is 0 Å². The lowest BCUT2D eigenvalue weighted by atomic mass is 9.92. The van der Waals surface area contributed by atoms with Gasteiger partial charge < -0.3 is 10.5 Å². The predicted octanol–water partition coefficient (Wildman–Crippen LogP) is 1.57. The van der Waals surface area contributed by atoms with Crippen molar-refractivity contribution in [1.29, 1.82) is 0 Å². The molecular formula is C13H26N2OS. The van der Waals surface area contributed by atoms with Crippen molar-refractivity contribution in [3.8, 4) is 0 Å². The minimum absolute atomic E-state index is 0.238. The third kappa shape index (κ3) is 3.16. The summed E-state index contributed by atoms with van der Waals surface area (Å²) in [6, 6.07) is 0. The zero-order valence-corrected chi connectivity index (χ0v) is 12.0. The molecule has 2 rings (SSSR count). The Labute approximate surface area is 109 Å². The highest BCUT2D eigenvalue weighted by molar-refractivity contribution is 8.00. The van der Waals surface area contributed by atoms with E-state index in [1.54, 1.807) is 0 Å². The van der Waals surface area contributed by atoms with Crippen LogP contribution in [0.1, 0.15) is 26.2 Å². The molecule has 2 aliphatic heterocycles. The van der Waals surface area contributed by atoms with Gasteiger partial charge in [-0.2, -0.15) is 11.8 Å². The number of hydrogen-bond acceptors (Lipinski definition) is 4. The number of thioether (sulfide) groups is 1. The lowest BCUT2D eigenvalue weighted by molar-refractivity contribution is 0.0246. The van der Waals surface area contributed by atoms with Gasteiger partial charge in [0.15, 0.2) is 0 Å². The number of nitrogens with two attached hydrogens (primary N) is 1. The van der Waals surface area contributed by atoms with Gasteiger partial charge in [0.05, 0.1) is 6.61 Å². The maximum Gasteiger partial charge on any atom is 0.0506 e. The standard InChI is InChI=1S/C13H26N2OS/c1-11-6-13(9-14,10-17-11)15(2)7-12-4-3-5-16-8-12/h11-12H,3-10,14H2,1-2H3. The van der Waals surface area contributed by atoms with Crippen molar-refractivity contribution in [1.82, 2.24) is 4.90 Å². The second-order valence-corrected chi connectivity index (χ2v) is 7.14. The fourth-order valence-electron chi connectivity index (χ4n) is 3.05. The van der Waals surface area contributed by atoms with E-state index in [0.29, 0.717) is 5.92 Å². The fraction of sp³-hybridized carbons (Fsp3) is 1.00. The monoisotopic (exact) mass is 258 g/mol. The van der Waals surface area contributed by atoms with Crippen molar-refractivity contribution in [2.45, 2.75) is 37.0 Å². The SMILES string of the molecule is CC1CC(CN)(N(C)CC2CCCOC2)CS1. The zero-order valence-electron chi connectivity index (χ0n) is 11.2. The molecule has 3 unspecified atom stereocenters. The summed E-state index contributed by atoms with van der Waals surface area (Å²) in [4.78, 5) is 2.52. The van der Waals surface area contributed by atoms with Crippen LogP contribution in [0.25, 0.3) is 0 Å². The van der Waals surface area contributed by atoms with E-state index in [9.17, 15) is 0 Å². The first kappa shape index (κ1) is 13.7. The van der Waals surface area contributed by atoms with E-state index >= 15 is 0 Å². The van der Waals surface area contributed by atoms with Crippen LogP contribution in [0.5, 0.6) is 0 Å². The van der Waals surface area contributed by atoms with E-state index in [1.807, 2.05) is 0 Å². The van der Waals surface area contributed by atoms with Gasteiger partial charge in [-0.3, -0.25) is 4.90 Å². The zero-order chi connectivity index (χ0) is 12.3. The number of likely N-dealkylation sites (N-methyl/N-ethyl adjacent to an activating group) is 1. The summed E-state index contributed by atoms with van der Waals surface area (Å²) in [5.74, 6) is 1.90. The third-order valence-electron chi connectivity index (χ3n) is 4.28. The summed E-state index contributed by atoms with van der Waals surface area (Å²) in [5, 5.41) is 0.753. The molecule has 100 valence electrons. The van der Waals surface area contributed by atoms with E-state index in [4.69, 9.17) is 10.5 Å². The van der Waals surface area contributed by atoms with Crippen LogP contribution in [-0.2, 0) is 4.74 Å². The van der Waals surface area contributed by atoms with E-state index < -0.39 is 0 Å². The van der Waals surface area contributed by atoms with Crippen LogP contribution in [0.2, 0.25) is 0 Å². The minimum atomic E-state index is 0.238. The van der Waals surface area contributed by atoms with Gasteiger partial charge in [0.25, 0.3) is 0 Å². The fourth-order valence-corrected chi connectivity index (χ4v) is 4.53. The molecule has 0 saturated carbocycles. The molecule has 2 N–H and O–H groups in total. The van der Waals surface area contributed by atoms with Crippen LogP contribution in [0.15, 0.2) is 0 Å². The molecule has 0 bridgehead atoms. The highest BCUT2D eigenvalue weighted by atomic mass is 32.2. The molecular weight excluding hydrogens is 232 g/mol. The van der Waals surface area contributed by atoms with Crippen molar-refractivity contribution >= 4 is 11.8 Å². The van der Waals surface area contributed by atoms with Crippen molar-refractivity contribution in [2.24, 2.45) is 11.7 Å². The molecule has 3 atom stereocenters. The quantitative estimate of drug-likeness (QED) is 0.831. The first-order chi connectivity index (χ1) is 8.16. The molecule has 0 amide bonds. The second kappa shape index (κ2) is 5.91. The van der Waals surface area contributed by atoms with E-state index in [-0.39, 0.29) is 5.54 Å². The van der Waals surface area contributed by atoms with Crippen LogP contribution < -0.4 is 5.73 Å². The largest absolute Gasteiger partial charge is 0.381 e. The average molecular weight is 258 g/mol. The lowest BCUT2D eigenvalue weighted by Crippen LogP contribution is -2.54. The molecule has 0 aliphatic carbocycles. The molecule has 2 saturated heterocycles. The molecule has 0 aromatic carbocycles. The Morgan fingerprint density at radius 1 is 1.53 bits per heavy atom. The number of hydrogen-bond donors (Lipinski definition) is 1. The van der Waals surface area contributed by atoms with Gasteiger partial charge in [0, 0.05) is 36.2 Å². The van der Waals surface area contributed by atoms with Crippen LogP contribution >= 0.6 is 11.8 Å². The average Bonchev–Trinajstić information content (AvgIpc) is 2.73. The Hall–Kier alpha value is 0.230. The number of nitrogens with zero attached hydrogens (tertiary/aromatic N) is 1. The Morgan fingerprint density at radius 3 is 2.88 bits per heavy atom. The molecule has 2 aliphatic rings. The lowest BCUT2D eigenvalue weighted by Gasteiger charge is -2.40. The normalized spacial score (nSPS) is 38.8. The first-order valence-electron chi connectivity index (χ1n) is 6.77. The van der Waals surface area contributed by atoms with Gasteiger partial charge >= 0.3 is 0 Å². The smallest absolute Gasteiger partial charge is 0.0506 e. The number of ether oxygens (including phenoxy) is 1. The molecule has 2 fully saturated rings. The van der Waals surface area contributed by atoms with Gasteiger partial charge in [-0.05, 0) is 32.2 Å². The Kier molecular flexibility index (Phi) is 4.75. The molecule has 2 heterocycles. The van der Waals surface area contributed by atoms with E-state index in [0.717, 1.165) is 31.6 Å². The van der Waals surface area contributed by atoms with Gasteiger partial charge in [-0.1, -0.05) is 6.92 Å². The van der Waals surface area contributed by atoms with E-state index in [2.05, 4.69) is 30.6 Å². The molecule has 0 aromatic rings. The summed E-state index contributed by atoms with van der Waals surface area (Å²) in [6.07, 6.45) is 3.77. The highest BCUT2D eigenvalue weighted by Crippen LogP contribution is 2.37. The third-order valence-corrected chi connectivity index (χ3v) is 5.72. The summed E-state index contributed by atoms with van der Waals surface area (Å²) in [7, 11) is 2.25. The van der Waals surface area contributed by atoms with Crippen molar-refractivity contribution in [2.75, 3.05) is 39.1 Å². The maximum absolute atomic E-state index is 6.05. The molecule has 0 radical (unpaired) electrons. The Bertz CT molecular complexity index is 246. The first-order valence-corrected chi connectivity index (χ1v) is 7.82. The van der Waals surface area contributed by atoms with E-state index in [1.165, 1.54) is 25.0 Å². The number of rotatable bonds is 4. The Morgan fingerprint density at radius 2 is 2.35 bits per heavy atom. The summed E-state index contributed by atoms with van der Waals surface area (Å²) in [5.41, 5.74) is 6.29. The van der Waals surface area contributed by atoms with Crippen molar-refractivity contribution in [3.05, 3.63) is 0 Å². The molecule has 17 heavy (non-hydrogen) atoms. The highest BCUT2D eigenvalue weighted by Gasteiger charge is 2.40. The van der Waals surface area contributed by atoms with Gasteiger partial charge in [0.2, 0.25) is 0 Å². The van der Waals surface area contributed by atoms with Crippen molar-refractivity contribution in [3.63, 3.8) is 0 Å². The maximum atomic E-state index is 6.05. The van der Waals surface area contributed by atoms with Crippen LogP contribution in [-0.4, -0.2) is 54.8 Å². The Balaban J connectivity index is 1.90. The molecule has 3 nitrogen and oxygen atoms in total. The van der Waals surface area contributed by atoms with Crippen molar-refractivity contribution < 1.29 is 4.74 Å². The topological polar surface area (TPSA) is 38.5 Å². The predicted molar refractivity (Wildman–Crippen MR) is 74.5 cm³/mol. The van der Waals surface area contributed by atoms with Gasteiger partial charge in [-0.15, -0.1) is 0 Å². The second-order valence-electron chi connectivity index (χ2n) is 5.72. The molecule has 0 aromatic heterocycles. The van der Waals surface area contributed by atoms with Crippen LogP contribution in [0, 0.1) is 5.92 Å². The van der Waals surface area contributed by atoms with Crippen LogP contribution in [0.3, 0.4) is 0 Å². The van der Waals surface area contributed by atoms with Gasteiger partial charge in [0.1, 0.15) is 0 Å². The van der Waals surface area contributed by atoms with Crippen LogP contribution in [0.4, 0.5) is 0 Å². The summed E-state index contributed by atoms with van der Waals surface area (Å²) < 4.78 is 5.57. The summed E-state index contributed by atoms with van der Waals surface area (Å²) >= 11 is 2.07.